The van der Waals surface area contributed by atoms with Crippen molar-refractivity contribution in [1.29, 1.82) is 0 Å². The van der Waals surface area contributed by atoms with Gasteiger partial charge in [0.25, 0.3) is 0 Å². The molecule has 1 atom stereocenters. The lowest BCUT2D eigenvalue weighted by Gasteiger charge is -2.17. The van der Waals surface area contributed by atoms with E-state index in [4.69, 9.17) is 9.52 Å². The Morgan fingerprint density at radius 2 is 2.04 bits per heavy atom. The van der Waals surface area contributed by atoms with Crippen LogP contribution in [-0.2, 0) is 4.79 Å². The van der Waals surface area contributed by atoms with E-state index in [0.717, 1.165) is 22.1 Å². The minimum Gasteiger partial charge on any atom is -0.481 e. The third-order valence-corrected chi connectivity index (χ3v) is 4.89. The number of anilines is 1. The van der Waals surface area contributed by atoms with Crippen LogP contribution in [-0.4, -0.2) is 29.1 Å². The second-order valence-electron chi connectivity index (χ2n) is 6.59. The lowest BCUT2D eigenvalue weighted by Crippen LogP contribution is -2.23. The van der Waals surface area contributed by atoms with Crippen molar-refractivity contribution in [1.82, 2.24) is 4.98 Å². The van der Waals surface area contributed by atoms with Gasteiger partial charge in [-0.3, -0.25) is 4.79 Å². The Morgan fingerprint density at radius 1 is 1.23 bits per heavy atom. The molecule has 1 unspecified atom stereocenters. The number of nitrogens with zero attached hydrogens (tertiary/aromatic N) is 2. The Labute approximate surface area is 149 Å². The van der Waals surface area contributed by atoms with Crippen LogP contribution in [0.1, 0.15) is 12.0 Å². The molecule has 132 valence electrons. The number of fused-ring (bicyclic) bond motifs is 1. The van der Waals surface area contributed by atoms with E-state index >= 15 is 0 Å². The van der Waals surface area contributed by atoms with Gasteiger partial charge in [0.2, 0.25) is 5.71 Å². The first kappa shape index (κ1) is 16.3. The topological polar surface area (TPSA) is 83.6 Å². The molecule has 1 aliphatic heterocycles. The van der Waals surface area contributed by atoms with E-state index < -0.39 is 17.5 Å². The van der Waals surface area contributed by atoms with Crippen LogP contribution in [0, 0.1) is 12.8 Å². The van der Waals surface area contributed by atoms with Crippen molar-refractivity contribution in [2.45, 2.75) is 13.3 Å². The number of aromatic nitrogens is 1. The molecule has 6 heteroatoms. The fraction of sp³-hybridized carbons (Fsp3) is 0.250. The van der Waals surface area contributed by atoms with E-state index in [1.54, 1.807) is 0 Å². The number of benzene rings is 1. The number of carboxylic acids is 1. The molecule has 1 fully saturated rings. The molecular formula is C20H18N2O4. The number of carbonyl (C=O) groups is 1. The van der Waals surface area contributed by atoms with Crippen LogP contribution >= 0.6 is 0 Å². The van der Waals surface area contributed by atoms with Gasteiger partial charge in [-0.05, 0) is 36.6 Å². The lowest BCUT2D eigenvalue weighted by atomic mass is 9.99. The Morgan fingerprint density at radius 3 is 2.77 bits per heavy atom. The van der Waals surface area contributed by atoms with Crippen LogP contribution in [0.2, 0.25) is 0 Å². The summed E-state index contributed by atoms with van der Waals surface area (Å²) < 4.78 is 5.33. The van der Waals surface area contributed by atoms with E-state index in [2.05, 4.69) is 4.98 Å². The van der Waals surface area contributed by atoms with E-state index in [9.17, 15) is 9.59 Å². The second-order valence-corrected chi connectivity index (χ2v) is 6.59. The molecule has 0 aliphatic carbocycles. The highest BCUT2D eigenvalue weighted by molar-refractivity contribution is 5.93. The first-order chi connectivity index (χ1) is 12.5. The van der Waals surface area contributed by atoms with Gasteiger partial charge in [0.1, 0.15) is 5.82 Å². The fourth-order valence-electron chi connectivity index (χ4n) is 3.48. The summed E-state index contributed by atoms with van der Waals surface area (Å²) in [7, 11) is 0. The summed E-state index contributed by atoms with van der Waals surface area (Å²) in [4.78, 5) is 29.6. The third kappa shape index (κ3) is 2.83. The zero-order chi connectivity index (χ0) is 18.3. The molecule has 1 aromatic carbocycles. The maximum absolute atomic E-state index is 12.1. The first-order valence-corrected chi connectivity index (χ1v) is 8.51. The molecule has 3 aromatic rings. The third-order valence-electron chi connectivity index (χ3n) is 4.89. The van der Waals surface area contributed by atoms with Gasteiger partial charge < -0.3 is 14.4 Å². The maximum atomic E-state index is 12.1. The quantitative estimate of drug-likeness (QED) is 0.781. The van der Waals surface area contributed by atoms with E-state index in [1.165, 1.54) is 6.07 Å². The van der Waals surface area contributed by atoms with Crippen LogP contribution in [0.4, 0.5) is 5.82 Å². The van der Waals surface area contributed by atoms with E-state index in [1.807, 2.05) is 48.2 Å². The van der Waals surface area contributed by atoms with Crippen molar-refractivity contribution in [3.05, 3.63) is 58.4 Å². The predicted molar refractivity (Wildman–Crippen MR) is 98.4 cm³/mol. The Bertz CT molecular complexity index is 1060. The molecule has 0 saturated carbocycles. The average molecular weight is 350 g/mol. The summed E-state index contributed by atoms with van der Waals surface area (Å²) in [6.07, 6.45) is 0.586. The number of rotatable bonds is 3. The van der Waals surface area contributed by atoms with Gasteiger partial charge in [0.15, 0.2) is 0 Å². The van der Waals surface area contributed by atoms with Gasteiger partial charge in [0, 0.05) is 30.1 Å². The van der Waals surface area contributed by atoms with Crippen LogP contribution in [0.5, 0.6) is 0 Å². The van der Waals surface area contributed by atoms with Gasteiger partial charge in [-0.25, -0.2) is 4.79 Å². The largest absolute Gasteiger partial charge is 0.481 e. The zero-order valence-electron chi connectivity index (χ0n) is 14.3. The summed E-state index contributed by atoms with van der Waals surface area (Å²) >= 11 is 0. The molecule has 2 aromatic heterocycles. The van der Waals surface area contributed by atoms with E-state index in [-0.39, 0.29) is 5.71 Å². The summed E-state index contributed by atoms with van der Waals surface area (Å²) in [6.45, 7) is 3.03. The van der Waals surface area contributed by atoms with Crippen molar-refractivity contribution in [3.8, 4) is 11.1 Å². The standard InChI is InChI=1S/C20H18N2O4/c1-12-4-2-3-5-14(12)16-10-18(23)26-19-15(16)6-7-17(21-19)22-9-8-13(11-22)20(24)25/h2-7,10,13H,8-9,11H2,1H3,(H,24,25). The van der Waals surface area contributed by atoms with Gasteiger partial charge >= 0.3 is 11.6 Å². The minimum atomic E-state index is -0.790. The van der Waals surface area contributed by atoms with Crippen molar-refractivity contribution in [2.24, 2.45) is 5.92 Å². The molecule has 3 heterocycles. The summed E-state index contributed by atoms with van der Waals surface area (Å²) in [6, 6.07) is 13.1. The Balaban J connectivity index is 1.80. The normalized spacial score (nSPS) is 17.0. The maximum Gasteiger partial charge on any atom is 0.338 e. The number of pyridine rings is 1. The van der Waals surface area contributed by atoms with Crippen molar-refractivity contribution < 1.29 is 14.3 Å². The SMILES string of the molecule is Cc1ccccc1-c1cc(=O)oc2nc(N3CCC(C(=O)O)C3)ccc12. The molecule has 0 amide bonds. The Hall–Kier alpha value is -3.15. The number of carboxylic acid groups (broad SMARTS) is 1. The summed E-state index contributed by atoms with van der Waals surface area (Å²) in [5.41, 5.74) is 2.63. The number of aryl methyl sites for hydroxylation is 1. The predicted octanol–water partition coefficient (Wildman–Crippen LogP) is 3.07. The second kappa shape index (κ2) is 6.29. The van der Waals surface area contributed by atoms with Crippen LogP contribution in [0.25, 0.3) is 22.2 Å². The average Bonchev–Trinajstić information content (AvgIpc) is 3.11. The molecule has 6 nitrogen and oxygen atoms in total. The molecule has 0 bridgehead atoms. The number of hydrogen-bond acceptors (Lipinski definition) is 5. The zero-order valence-corrected chi connectivity index (χ0v) is 14.3. The van der Waals surface area contributed by atoms with Crippen molar-refractivity contribution in [3.63, 3.8) is 0 Å². The van der Waals surface area contributed by atoms with Crippen molar-refractivity contribution in [2.75, 3.05) is 18.0 Å². The van der Waals surface area contributed by atoms with Gasteiger partial charge in [-0.1, -0.05) is 24.3 Å². The summed E-state index contributed by atoms with van der Waals surface area (Å²) in [5, 5.41) is 9.93. The highest BCUT2D eigenvalue weighted by Gasteiger charge is 2.29. The lowest BCUT2D eigenvalue weighted by molar-refractivity contribution is -0.140. The monoisotopic (exact) mass is 350 g/mol. The molecule has 0 radical (unpaired) electrons. The van der Waals surface area contributed by atoms with Gasteiger partial charge in [-0.15, -0.1) is 0 Å². The summed E-state index contributed by atoms with van der Waals surface area (Å²) in [5.74, 6) is -0.550. The molecule has 1 saturated heterocycles. The van der Waals surface area contributed by atoms with Gasteiger partial charge in [0.05, 0.1) is 5.92 Å². The first-order valence-electron chi connectivity index (χ1n) is 8.51. The minimum absolute atomic E-state index is 0.270. The molecule has 26 heavy (non-hydrogen) atoms. The molecule has 1 N–H and O–H groups in total. The molecule has 4 rings (SSSR count). The molecule has 1 aliphatic rings. The molecular weight excluding hydrogens is 332 g/mol. The smallest absolute Gasteiger partial charge is 0.338 e. The van der Waals surface area contributed by atoms with E-state index in [0.29, 0.717) is 25.3 Å². The van der Waals surface area contributed by atoms with Crippen molar-refractivity contribution >= 4 is 22.9 Å². The van der Waals surface area contributed by atoms with Gasteiger partial charge in [-0.2, -0.15) is 4.98 Å². The number of hydrogen-bond donors (Lipinski definition) is 1. The Kier molecular flexibility index (Phi) is 3.95. The van der Waals surface area contributed by atoms with Crippen LogP contribution in [0.3, 0.4) is 0 Å². The number of aliphatic carboxylic acids is 1. The fourth-order valence-corrected chi connectivity index (χ4v) is 3.48. The molecule has 0 spiro atoms. The highest BCUT2D eigenvalue weighted by Crippen LogP contribution is 2.31. The van der Waals surface area contributed by atoms with Crippen LogP contribution < -0.4 is 10.5 Å². The highest BCUT2D eigenvalue weighted by atomic mass is 16.4. The van der Waals surface area contributed by atoms with Crippen LogP contribution in [0.15, 0.2) is 51.7 Å².